The minimum absolute atomic E-state index is 0.150. The number of para-hydroxylation sites is 1. The van der Waals surface area contributed by atoms with Crippen molar-refractivity contribution in [3.63, 3.8) is 0 Å². The highest BCUT2D eigenvalue weighted by Crippen LogP contribution is 2.38. The standard InChI is InChI=1S/C27H23NO4/c1-2-16-28-24(19-12-14-20(15-13-19)31-17-18-8-4-3-5-9-18)23-25(29)21-10-6-7-11-22(21)32-26(23)27(28)30/h3-15,24H,2,16-17H2,1H3. The third kappa shape index (κ3) is 3.46. The van der Waals surface area contributed by atoms with E-state index in [-0.39, 0.29) is 17.1 Å². The monoisotopic (exact) mass is 425 g/mol. The van der Waals surface area contributed by atoms with E-state index in [0.29, 0.717) is 29.7 Å². The first-order chi connectivity index (χ1) is 15.7. The van der Waals surface area contributed by atoms with E-state index in [0.717, 1.165) is 23.3 Å². The fourth-order valence-corrected chi connectivity index (χ4v) is 4.27. The van der Waals surface area contributed by atoms with Crippen LogP contribution in [0.15, 0.2) is 88.1 Å². The molecule has 0 radical (unpaired) electrons. The van der Waals surface area contributed by atoms with Gasteiger partial charge in [0.05, 0.1) is 17.0 Å². The Morgan fingerprint density at radius 3 is 2.38 bits per heavy atom. The number of rotatable bonds is 6. The van der Waals surface area contributed by atoms with Crippen LogP contribution in [-0.2, 0) is 6.61 Å². The van der Waals surface area contributed by atoms with E-state index in [2.05, 4.69) is 0 Å². The Hall–Kier alpha value is -3.86. The molecular formula is C27H23NO4. The Labute approximate surface area is 185 Å². The van der Waals surface area contributed by atoms with Crippen LogP contribution in [0.2, 0.25) is 0 Å². The molecule has 0 saturated carbocycles. The zero-order valence-corrected chi connectivity index (χ0v) is 17.8. The van der Waals surface area contributed by atoms with Gasteiger partial charge in [0.25, 0.3) is 5.91 Å². The fraction of sp³-hybridized carbons (Fsp3) is 0.185. The summed E-state index contributed by atoms with van der Waals surface area (Å²) in [6.07, 6.45) is 0.780. The topological polar surface area (TPSA) is 59.8 Å². The summed E-state index contributed by atoms with van der Waals surface area (Å²) < 4.78 is 11.8. The van der Waals surface area contributed by atoms with E-state index in [9.17, 15) is 9.59 Å². The highest BCUT2D eigenvalue weighted by Gasteiger charge is 2.42. The molecule has 0 aliphatic carbocycles. The predicted octanol–water partition coefficient (Wildman–Crippen LogP) is 5.33. The molecule has 32 heavy (non-hydrogen) atoms. The van der Waals surface area contributed by atoms with Crippen molar-refractivity contribution in [1.82, 2.24) is 4.90 Å². The number of amides is 1. The smallest absolute Gasteiger partial charge is 0.290 e. The molecule has 3 aromatic carbocycles. The summed E-state index contributed by atoms with van der Waals surface area (Å²) in [5, 5.41) is 0.491. The van der Waals surface area contributed by atoms with Crippen LogP contribution in [0.4, 0.5) is 0 Å². The molecule has 0 saturated heterocycles. The molecule has 5 rings (SSSR count). The van der Waals surface area contributed by atoms with Crippen molar-refractivity contribution in [2.24, 2.45) is 0 Å². The molecular weight excluding hydrogens is 402 g/mol. The largest absolute Gasteiger partial charge is 0.489 e. The van der Waals surface area contributed by atoms with Gasteiger partial charge in [0.1, 0.15) is 17.9 Å². The lowest BCUT2D eigenvalue weighted by atomic mass is 9.98. The molecule has 2 heterocycles. The van der Waals surface area contributed by atoms with E-state index in [1.54, 1.807) is 29.2 Å². The average Bonchev–Trinajstić information content (AvgIpc) is 3.11. The molecule has 1 amide bonds. The van der Waals surface area contributed by atoms with Crippen LogP contribution in [-0.4, -0.2) is 17.4 Å². The molecule has 0 N–H and O–H groups in total. The van der Waals surface area contributed by atoms with Gasteiger partial charge in [-0.25, -0.2) is 0 Å². The van der Waals surface area contributed by atoms with E-state index >= 15 is 0 Å². The van der Waals surface area contributed by atoms with Crippen molar-refractivity contribution >= 4 is 16.9 Å². The molecule has 4 aromatic rings. The van der Waals surface area contributed by atoms with E-state index in [4.69, 9.17) is 9.15 Å². The lowest BCUT2D eigenvalue weighted by Crippen LogP contribution is -2.30. The number of carbonyl (C=O) groups excluding carboxylic acids is 1. The number of ether oxygens (including phenoxy) is 1. The molecule has 0 spiro atoms. The molecule has 1 aliphatic rings. The molecule has 160 valence electrons. The van der Waals surface area contributed by atoms with Gasteiger partial charge in [0.15, 0.2) is 5.43 Å². The minimum Gasteiger partial charge on any atom is -0.489 e. The first kappa shape index (κ1) is 20.1. The number of hydrogen-bond acceptors (Lipinski definition) is 4. The van der Waals surface area contributed by atoms with Gasteiger partial charge in [-0.3, -0.25) is 9.59 Å². The second kappa shape index (κ2) is 8.35. The van der Waals surface area contributed by atoms with Crippen LogP contribution in [0.3, 0.4) is 0 Å². The Morgan fingerprint density at radius 1 is 0.906 bits per heavy atom. The second-order valence-corrected chi connectivity index (χ2v) is 7.91. The van der Waals surface area contributed by atoms with Crippen molar-refractivity contribution in [1.29, 1.82) is 0 Å². The van der Waals surface area contributed by atoms with Crippen LogP contribution in [0.5, 0.6) is 5.75 Å². The maximum Gasteiger partial charge on any atom is 0.290 e. The third-order valence-corrected chi connectivity index (χ3v) is 5.78. The lowest BCUT2D eigenvalue weighted by molar-refractivity contribution is 0.0728. The molecule has 1 aromatic heterocycles. The van der Waals surface area contributed by atoms with Gasteiger partial charge >= 0.3 is 0 Å². The van der Waals surface area contributed by atoms with E-state index < -0.39 is 6.04 Å². The summed E-state index contributed by atoms with van der Waals surface area (Å²) in [5.41, 5.74) is 2.65. The average molecular weight is 425 g/mol. The van der Waals surface area contributed by atoms with Gasteiger partial charge in [-0.15, -0.1) is 0 Å². The summed E-state index contributed by atoms with van der Waals surface area (Å²) in [7, 11) is 0. The zero-order valence-electron chi connectivity index (χ0n) is 17.8. The zero-order chi connectivity index (χ0) is 22.1. The Balaban J connectivity index is 1.51. The molecule has 1 aliphatic heterocycles. The van der Waals surface area contributed by atoms with Crippen molar-refractivity contribution in [2.45, 2.75) is 26.0 Å². The summed E-state index contributed by atoms with van der Waals surface area (Å²) >= 11 is 0. The predicted molar refractivity (Wildman–Crippen MR) is 123 cm³/mol. The SMILES string of the molecule is CCCN1C(=O)c2oc3ccccc3c(=O)c2C1c1ccc(OCc2ccccc2)cc1. The highest BCUT2D eigenvalue weighted by atomic mass is 16.5. The van der Waals surface area contributed by atoms with Gasteiger partial charge in [0.2, 0.25) is 5.76 Å². The first-order valence-electron chi connectivity index (χ1n) is 10.8. The van der Waals surface area contributed by atoms with Crippen LogP contribution >= 0.6 is 0 Å². The number of nitrogens with zero attached hydrogens (tertiary/aromatic N) is 1. The quantitative estimate of drug-likeness (QED) is 0.419. The minimum atomic E-state index is -0.471. The summed E-state index contributed by atoms with van der Waals surface area (Å²) in [4.78, 5) is 28.3. The Bertz CT molecular complexity index is 1330. The van der Waals surface area contributed by atoms with Gasteiger partial charge in [-0.2, -0.15) is 0 Å². The van der Waals surface area contributed by atoms with Gasteiger partial charge < -0.3 is 14.1 Å². The molecule has 5 nitrogen and oxygen atoms in total. The van der Waals surface area contributed by atoms with Gasteiger partial charge in [-0.05, 0) is 41.8 Å². The Kier molecular flexibility index (Phi) is 5.23. The normalized spacial score (nSPS) is 15.2. The maximum absolute atomic E-state index is 13.4. The fourth-order valence-electron chi connectivity index (χ4n) is 4.27. The van der Waals surface area contributed by atoms with Crippen LogP contribution < -0.4 is 10.2 Å². The van der Waals surface area contributed by atoms with E-state index in [1.165, 1.54) is 0 Å². The van der Waals surface area contributed by atoms with Crippen molar-refractivity contribution in [2.75, 3.05) is 6.54 Å². The Morgan fingerprint density at radius 2 is 1.62 bits per heavy atom. The molecule has 0 bridgehead atoms. The summed E-state index contributed by atoms with van der Waals surface area (Å²) in [6, 6.07) is 24.2. The van der Waals surface area contributed by atoms with Crippen LogP contribution in [0.25, 0.3) is 11.0 Å². The maximum atomic E-state index is 13.4. The van der Waals surface area contributed by atoms with Gasteiger partial charge in [-0.1, -0.05) is 61.5 Å². The second-order valence-electron chi connectivity index (χ2n) is 7.91. The van der Waals surface area contributed by atoms with Crippen molar-refractivity contribution < 1.29 is 13.9 Å². The third-order valence-electron chi connectivity index (χ3n) is 5.78. The van der Waals surface area contributed by atoms with Crippen LogP contribution in [0, 0.1) is 0 Å². The highest BCUT2D eigenvalue weighted by molar-refractivity contribution is 5.99. The molecule has 0 fully saturated rings. The number of fused-ring (bicyclic) bond motifs is 2. The molecule has 5 heteroatoms. The molecule has 1 atom stereocenters. The van der Waals surface area contributed by atoms with E-state index in [1.807, 2.05) is 61.5 Å². The molecule has 1 unspecified atom stereocenters. The lowest BCUT2D eigenvalue weighted by Gasteiger charge is -2.24. The number of benzene rings is 3. The van der Waals surface area contributed by atoms with Crippen molar-refractivity contribution in [3.8, 4) is 5.75 Å². The number of carbonyl (C=O) groups is 1. The van der Waals surface area contributed by atoms with Crippen LogP contribution in [0.1, 0.15) is 46.6 Å². The summed E-state index contributed by atoms with van der Waals surface area (Å²) in [6.45, 7) is 3.03. The summed E-state index contributed by atoms with van der Waals surface area (Å²) in [5.74, 6) is 0.644. The first-order valence-corrected chi connectivity index (χ1v) is 10.8. The van der Waals surface area contributed by atoms with Gasteiger partial charge in [0, 0.05) is 6.54 Å². The number of hydrogen-bond donors (Lipinski definition) is 0. The van der Waals surface area contributed by atoms with Crippen molar-refractivity contribution in [3.05, 3.63) is 112 Å².